The summed E-state index contributed by atoms with van der Waals surface area (Å²) in [7, 11) is 0. The van der Waals surface area contributed by atoms with Crippen molar-refractivity contribution in [3.63, 3.8) is 0 Å². The summed E-state index contributed by atoms with van der Waals surface area (Å²) >= 11 is 0. The summed E-state index contributed by atoms with van der Waals surface area (Å²) in [5.74, 6) is -1.03. The van der Waals surface area contributed by atoms with E-state index in [4.69, 9.17) is 9.84 Å². The molecular formula is C12H21NO4. The number of carbonyl (C=O) groups is 2. The Bertz CT molecular complexity index is 306. The molecule has 5 heteroatoms. The first-order valence-electron chi connectivity index (χ1n) is 5.87. The second-order valence-electron chi connectivity index (χ2n) is 5.59. The van der Waals surface area contributed by atoms with E-state index in [9.17, 15) is 9.59 Å². The quantitative estimate of drug-likeness (QED) is 0.773. The highest BCUT2D eigenvalue weighted by molar-refractivity contribution is 5.83. The molecule has 1 saturated heterocycles. The smallest absolute Gasteiger partial charge is 0.310 e. The number of rotatable bonds is 4. The Hall–Kier alpha value is -1.10. The average molecular weight is 243 g/mol. The lowest BCUT2D eigenvalue weighted by Crippen LogP contribution is -2.48. The molecule has 0 spiro atoms. The molecule has 0 aliphatic carbocycles. The van der Waals surface area contributed by atoms with Gasteiger partial charge in [0.2, 0.25) is 5.91 Å². The SMILES string of the molecule is CC(C)(CNC(=O)C1(C)CCCOC1)C(=O)O. The molecule has 1 rings (SSSR count). The molecule has 1 fully saturated rings. The van der Waals surface area contributed by atoms with Gasteiger partial charge in [-0.25, -0.2) is 0 Å². The van der Waals surface area contributed by atoms with Crippen LogP contribution in [0.3, 0.4) is 0 Å². The molecule has 0 aromatic carbocycles. The number of carbonyl (C=O) groups excluding carboxylic acids is 1. The van der Waals surface area contributed by atoms with Gasteiger partial charge in [-0.3, -0.25) is 9.59 Å². The number of hydrogen-bond donors (Lipinski definition) is 2. The molecular weight excluding hydrogens is 222 g/mol. The van der Waals surface area contributed by atoms with Crippen molar-refractivity contribution in [2.24, 2.45) is 10.8 Å². The predicted octanol–water partition coefficient (Wildman–Crippen LogP) is 1.03. The van der Waals surface area contributed by atoms with Crippen LogP contribution in [0.4, 0.5) is 0 Å². The zero-order valence-corrected chi connectivity index (χ0v) is 10.7. The Morgan fingerprint density at radius 1 is 1.47 bits per heavy atom. The molecule has 0 bridgehead atoms. The molecule has 5 nitrogen and oxygen atoms in total. The topological polar surface area (TPSA) is 75.6 Å². The normalized spacial score (nSPS) is 25.4. The third-order valence-corrected chi connectivity index (χ3v) is 3.26. The van der Waals surface area contributed by atoms with E-state index in [-0.39, 0.29) is 12.5 Å². The summed E-state index contributed by atoms with van der Waals surface area (Å²) < 4.78 is 5.31. The Labute approximate surface area is 102 Å². The van der Waals surface area contributed by atoms with Crippen LogP contribution in [0.15, 0.2) is 0 Å². The molecule has 1 amide bonds. The zero-order valence-electron chi connectivity index (χ0n) is 10.7. The molecule has 0 radical (unpaired) electrons. The van der Waals surface area contributed by atoms with Gasteiger partial charge in [-0.2, -0.15) is 0 Å². The summed E-state index contributed by atoms with van der Waals surface area (Å²) in [5, 5.41) is 11.7. The Morgan fingerprint density at radius 3 is 2.59 bits per heavy atom. The summed E-state index contributed by atoms with van der Waals surface area (Å²) in [6.07, 6.45) is 1.65. The van der Waals surface area contributed by atoms with Crippen molar-refractivity contribution in [1.29, 1.82) is 0 Å². The van der Waals surface area contributed by atoms with Crippen molar-refractivity contribution in [3.8, 4) is 0 Å². The average Bonchev–Trinajstić information content (AvgIpc) is 2.26. The van der Waals surface area contributed by atoms with Crippen LogP contribution in [0.5, 0.6) is 0 Å². The van der Waals surface area contributed by atoms with Gasteiger partial charge >= 0.3 is 5.97 Å². The molecule has 0 aromatic rings. The van der Waals surface area contributed by atoms with Gasteiger partial charge in [-0.05, 0) is 33.6 Å². The lowest BCUT2D eigenvalue weighted by molar-refractivity contribution is -0.147. The highest BCUT2D eigenvalue weighted by Crippen LogP contribution is 2.28. The van der Waals surface area contributed by atoms with Crippen LogP contribution in [0, 0.1) is 10.8 Å². The molecule has 1 atom stereocenters. The number of carboxylic acids is 1. The first-order chi connectivity index (χ1) is 7.78. The maximum Gasteiger partial charge on any atom is 0.310 e. The molecule has 1 heterocycles. The molecule has 2 N–H and O–H groups in total. The second-order valence-corrected chi connectivity index (χ2v) is 5.59. The first kappa shape index (κ1) is 14.0. The zero-order chi connectivity index (χ0) is 13.1. The highest BCUT2D eigenvalue weighted by atomic mass is 16.5. The van der Waals surface area contributed by atoms with Crippen LogP contribution in [0.1, 0.15) is 33.6 Å². The first-order valence-corrected chi connectivity index (χ1v) is 5.87. The lowest BCUT2D eigenvalue weighted by Gasteiger charge is -2.33. The van der Waals surface area contributed by atoms with Gasteiger partial charge < -0.3 is 15.2 Å². The maximum absolute atomic E-state index is 12.0. The minimum atomic E-state index is -0.943. The highest BCUT2D eigenvalue weighted by Gasteiger charge is 2.37. The summed E-state index contributed by atoms with van der Waals surface area (Å²) in [4.78, 5) is 22.9. The third kappa shape index (κ3) is 3.43. The second kappa shape index (κ2) is 5.04. The van der Waals surface area contributed by atoms with Crippen LogP contribution < -0.4 is 5.32 Å². The lowest BCUT2D eigenvalue weighted by atomic mass is 9.83. The molecule has 1 aliphatic rings. The Kier molecular flexibility index (Phi) is 4.14. The Morgan fingerprint density at radius 2 is 2.12 bits per heavy atom. The van der Waals surface area contributed by atoms with Gasteiger partial charge in [0.1, 0.15) is 0 Å². The van der Waals surface area contributed by atoms with Gasteiger partial charge in [-0.1, -0.05) is 0 Å². The van der Waals surface area contributed by atoms with Crippen molar-refractivity contribution >= 4 is 11.9 Å². The molecule has 1 unspecified atom stereocenters. The number of nitrogens with one attached hydrogen (secondary N) is 1. The standard InChI is InChI=1S/C12H21NO4/c1-11(2,10(15)16)7-13-9(14)12(3)5-4-6-17-8-12/h4-8H2,1-3H3,(H,13,14)(H,15,16). The number of carboxylic acid groups (broad SMARTS) is 1. The molecule has 98 valence electrons. The van der Waals surface area contributed by atoms with Crippen molar-refractivity contribution in [2.75, 3.05) is 19.8 Å². The monoisotopic (exact) mass is 243 g/mol. The van der Waals surface area contributed by atoms with E-state index in [2.05, 4.69) is 5.32 Å². The van der Waals surface area contributed by atoms with Crippen molar-refractivity contribution in [1.82, 2.24) is 5.32 Å². The number of hydrogen-bond acceptors (Lipinski definition) is 3. The molecule has 0 aromatic heterocycles. The summed E-state index contributed by atoms with van der Waals surface area (Å²) in [6, 6.07) is 0. The van der Waals surface area contributed by atoms with E-state index in [0.717, 1.165) is 12.8 Å². The molecule has 0 saturated carbocycles. The predicted molar refractivity (Wildman–Crippen MR) is 62.6 cm³/mol. The molecule has 1 aliphatic heterocycles. The Balaban J connectivity index is 2.52. The summed E-state index contributed by atoms with van der Waals surface area (Å²) in [5.41, 5.74) is -1.46. The largest absolute Gasteiger partial charge is 0.481 e. The van der Waals surface area contributed by atoms with Crippen molar-refractivity contribution in [2.45, 2.75) is 33.6 Å². The summed E-state index contributed by atoms with van der Waals surface area (Å²) in [6.45, 7) is 6.28. The van der Waals surface area contributed by atoms with E-state index in [1.54, 1.807) is 13.8 Å². The minimum absolute atomic E-state index is 0.119. The van der Waals surface area contributed by atoms with E-state index in [1.165, 1.54) is 0 Å². The van der Waals surface area contributed by atoms with Gasteiger partial charge in [0.25, 0.3) is 0 Å². The van der Waals surface area contributed by atoms with E-state index >= 15 is 0 Å². The van der Waals surface area contributed by atoms with Crippen LogP contribution in [0.25, 0.3) is 0 Å². The van der Waals surface area contributed by atoms with E-state index < -0.39 is 16.8 Å². The van der Waals surface area contributed by atoms with Gasteiger partial charge in [0, 0.05) is 13.2 Å². The molecule has 17 heavy (non-hydrogen) atoms. The maximum atomic E-state index is 12.0. The van der Waals surface area contributed by atoms with Crippen LogP contribution in [0.2, 0.25) is 0 Å². The fourth-order valence-corrected chi connectivity index (χ4v) is 1.70. The number of aliphatic carboxylic acids is 1. The number of amides is 1. The van der Waals surface area contributed by atoms with E-state index in [1.807, 2.05) is 6.92 Å². The van der Waals surface area contributed by atoms with Gasteiger partial charge in [0.15, 0.2) is 0 Å². The third-order valence-electron chi connectivity index (χ3n) is 3.26. The number of ether oxygens (including phenoxy) is 1. The van der Waals surface area contributed by atoms with Crippen LogP contribution >= 0.6 is 0 Å². The van der Waals surface area contributed by atoms with Gasteiger partial charge in [-0.15, -0.1) is 0 Å². The van der Waals surface area contributed by atoms with Crippen molar-refractivity contribution in [3.05, 3.63) is 0 Å². The minimum Gasteiger partial charge on any atom is -0.481 e. The van der Waals surface area contributed by atoms with Gasteiger partial charge in [0.05, 0.1) is 17.4 Å². The van der Waals surface area contributed by atoms with E-state index in [0.29, 0.717) is 13.2 Å². The fourth-order valence-electron chi connectivity index (χ4n) is 1.70. The van der Waals surface area contributed by atoms with Crippen LogP contribution in [-0.4, -0.2) is 36.7 Å². The fraction of sp³-hybridized carbons (Fsp3) is 0.833. The van der Waals surface area contributed by atoms with Crippen molar-refractivity contribution < 1.29 is 19.4 Å². The van der Waals surface area contributed by atoms with Crippen LogP contribution in [-0.2, 0) is 14.3 Å².